The average Bonchev–Trinajstić information content (AvgIpc) is 2.81. The number of aryl methyl sites for hydroxylation is 1. The van der Waals surface area contributed by atoms with E-state index in [1.807, 2.05) is 30.5 Å². The molecule has 1 heterocycles. The highest BCUT2D eigenvalue weighted by atomic mass is 35.5. The third-order valence-electron chi connectivity index (χ3n) is 3.50. The van der Waals surface area contributed by atoms with E-state index in [2.05, 4.69) is 5.10 Å². The molecule has 0 bridgehead atoms. The first-order chi connectivity index (χ1) is 9.13. The molecule has 0 saturated carbocycles. The van der Waals surface area contributed by atoms with Gasteiger partial charge in [0.25, 0.3) is 0 Å². The Morgan fingerprint density at radius 2 is 2.32 bits per heavy atom. The van der Waals surface area contributed by atoms with Gasteiger partial charge in [-0.3, -0.25) is 4.79 Å². The molecule has 0 fully saturated rings. The lowest BCUT2D eigenvalue weighted by Gasteiger charge is -2.16. The van der Waals surface area contributed by atoms with Crippen molar-refractivity contribution in [2.24, 2.45) is 5.92 Å². The summed E-state index contributed by atoms with van der Waals surface area (Å²) in [4.78, 5) is 11.0. The number of carbonyl (C=O) groups is 1. The highest BCUT2D eigenvalue weighted by molar-refractivity contribution is 6.30. The molecule has 1 aliphatic carbocycles. The van der Waals surface area contributed by atoms with Gasteiger partial charge in [0.05, 0.1) is 17.3 Å². The summed E-state index contributed by atoms with van der Waals surface area (Å²) in [5, 5.41) is 14.3. The first-order valence-electron chi connectivity index (χ1n) is 6.19. The Kier molecular flexibility index (Phi) is 3.03. The molecule has 1 atom stereocenters. The number of halogens is 1. The van der Waals surface area contributed by atoms with Gasteiger partial charge in [-0.2, -0.15) is 5.10 Å². The molecule has 1 aromatic carbocycles. The van der Waals surface area contributed by atoms with Crippen molar-refractivity contribution in [2.75, 3.05) is 0 Å². The topological polar surface area (TPSA) is 55.1 Å². The second-order valence-electron chi connectivity index (χ2n) is 4.80. The number of rotatable bonds is 2. The lowest BCUT2D eigenvalue weighted by molar-refractivity contribution is -0.142. The van der Waals surface area contributed by atoms with Crippen LogP contribution in [0.4, 0.5) is 0 Å². The molecule has 5 heteroatoms. The molecule has 0 aliphatic heterocycles. The lowest BCUT2D eigenvalue weighted by Crippen LogP contribution is -2.21. The van der Waals surface area contributed by atoms with Gasteiger partial charge < -0.3 is 5.11 Å². The minimum Gasteiger partial charge on any atom is -0.481 e. The van der Waals surface area contributed by atoms with E-state index in [1.165, 1.54) is 0 Å². The first-order valence-corrected chi connectivity index (χ1v) is 6.57. The van der Waals surface area contributed by atoms with Crippen LogP contribution >= 0.6 is 11.6 Å². The quantitative estimate of drug-likeness (QED) is 0.917. The number of hydrogen-bond acceptors (Lipinski definition) is 2. The van der Waals surface area contributed by atoms with Crippen LogP contribution in [0.15, 0.2) is 30.5 Å². The summed E-state index contributed by atoms with van der Waals surface area (Å²) < 4.78 is 1.78. The number of benzene rings is 1. The Labute approximate surface area is 115 Å². The molecule has 0 amide bonds. The Morgan fingerprint density at radius 1 is 1.47 bits per heavy atom. The lowest BCUT2D eigenvalue weighted by atomic mass is 9.88. The monoisotopic (exact) mass is 276 g/mol. The van der Waals surface area contributed by atoms with E-state index >= 15 is 0 Å². The van der Waals surface area contributed by atoms with E-state index in [-0.39, 0.29) is 5.92 Å². The van der Waals surface area contributed by atoms with Crippen LogP contribution in [-0.4, -0.2) is 20.9 Å². The van der Waals surface area contributed by atoms with Crippen LogP contribution < -0.4 is 0 Å². The van der Waals surface area contributed by atoms with Gasteiger partial charge in [-0.15, -0.1) is 0 Å². The van der Waals surface area contributed by atoms with Crippen molar-refractivity contribution in [1.82, 2.24) is 9.78 Å². The van der Waals surface area contributed by atoms with Crippen molar-refractivity contribution in [1.29, 1.82) is 0 Å². The number of aliphatic carboxylic acids is 1. The molecule has 98 valence electrons. The highest BCUT2D eigenvalue weighted by Gasteiger charge is 2.26. The van der Waals surface area contributed by atoms with Crippen molar-refractivity contribution in [2.45, 2.75) is 19.3 Å². The summed E-state index contributed by atoms with van der Waals surface area (Å²) in [6.07, 6.45) is 3.86. The van der Waals surface area contributed by atoms with Crippen LogP contribution in [0.2, 0.25) is 5.02 Å². The van der Waals surface area contributed by atoms with Gasteiger partial charge in [-0.1, -0.05) is 17.7 Å². The van der Waals surface area contributed by atoms with Crippen molar-refractivity contribution < 1.29 is 9.90 Å². The zero-order valence-electron chi connectivity index (χ0n) is 10.2. The smallest absolute Gasteiger partial charge is 0.306 e. The number of carboxylic acid groups (broad SMARTS) is 1. The Bertz CT molecular complexity index is 636. The van der Waals surface area contributed by atoms with Gasteiger partial charge in [-0.25, -0.2) is 4.68 Å². The van der Waals surface area contributed by atoms with Gasteiger partial charge >= 0.3 is 5.97 Å². The second kappa shape index (κ2) is 4.70. The van der Waals surface area contributed by atoms with Crippen molar-refractivity contribution in [3.05, 3.63) is 46.7 Å². The fourth-order valence-corrected chi connectivity index (χ4v) is 2.65. The minimum absolute atomic E-state index is 0.287. The third-order valence-corrected chi connectivity index (χ3v) is 3.73. The predicted molar refractivity (Wildman–Crippen MR) is 71.7 cm³/mol. The zero-order chi connectivity index (χ0) is 13.4. The average molecular weight is 277 g/mol. The van der Waals surface area contributed by atoms with Crippen LogP contribution in [0.1, 0.15) is 17.7 Å². The number of carboxylic acids is 1. The van der Waals surface area contributed by atoms with Crippen molar-refractivity contribution >= 4 is 17.6 Å². The Balaban J connectivity index is 1.93. The molecule has 3 rings (SSSR count). The van der Waals surface area contributed by atoms with Gasteiger partial charge in [0.1, 0.15) is 0 Å². The van der Waals surface area contributed by atoms with Crippen LogP contribution in [0.5, 0.6) is 0 Å². The molecular weight excluding hydrogens is 264 g/mol. The first kappa shape index (κ1) is 12.2. The molecule has 0 spiro atoms. The van der Waals surface area contributed by atoms with Crippen LogP contribution in [0.3, 0.4) is 0 Å². The van der Waals surface area contributed by atoms with E-state index in [9.17, 15) is 4.79 Å². The summed E-state index contributed by atoms with van der Waals surface area (Å²) in [6.45, 7) is 0. The number of nitrogens with zero attached hydrogens (tertiary/aromatic N) is 2. The molecule has 4 nitrogen and oxygen atoms in total. The number of hydrogen-bond donors (Lipinski definition) is 1. The fraction of sp³-hybridized carbons (Fsp3) is 0.286. The molecule has 0 saturated heterocycles. The van der Waals surface area contributed by atoms with E-state index in [0.717, 1.165) is 23.4 Å². The van der Waals surface area contributed by atoms with Crippen LogP contribution in [0.25, 0.3) is 5.69 Å². The van der Waals surface area contributed by atoms with Gasteiger partial charge in [0.2, 0.25) is 0 Å². The number of aromatic nitrogens is 2. The normalized spacial score (nSPS) is 18.1. The maximum absolute atomic E-state index is 11.0. The van der Waals surface area contributed by atoms with E-state index in [4.69, 9.17) is 16.7 Å². The minimum atomic E-state index is -0.721. The maximum Gasteiger partial charge on any atom is 0.306 e. The molecule has 19 heavy (non-hydrogen) atoms. The molecular formula is C14H13ClN2O2. The van der Waals surface area contributed by atoms with E-state index in [1.54, 1.807) is 4.68 Å². The van der Waals surface area contributed by atoms with Gasteiger partial charge in [0.15, 0.2) is 0 Å². The van der Waals surface area contributed by atoms with E-state index in [0.29, 0.717) is 17.9 Å². The summed E-state index contributed by atoms with van der Waals surface area (Å²) in [7, 11) is 0. The van der Waals surface area contributed by atoms with Crippen LogP contribution in [0, 0.1) is 5.92 Å². The summed E-state index contributed by atoms with van der Waals surface area (Å²) in [5.41, 5.74) is 2.92. The Morgan fingerprint density at radius 3 is 3.05 bits per heavy atom. The van der Waals surface area contributed by atoms with Gasteiger partial charge in [-0.05, 0) is 43.0 Å². The van der Waals surface area contributed by atoms with Gasteiger partial charge in [0, 0.05) is 11.2 Å². The molecule has 1 aromatic heterocycles. The van der Waals surface area contributed by atoms with E-state index < -0.39 is 5.97 Å². The fourth-order valence-electron chi connectivity index (χ4n) is 2.47. The zero-order valence-corrected chi connectivity index (χ0v) is 11.0. The van der Waals surface area contributed by atoms with Crippen LogP contribution in [-0.2, 0) is 17.6 Å². The highest BCUT2D eigenvalue weighted by Crippen LogP contribution is 2.26. The summed E-state index contributed by atoms with van der Waals surface area (Å²) in [6, 6.07) is 7.46. The molecule has 0 radical (unpaired) electrons. The molecule has 1 N–H and O–H groups in total. The maximum atomic E-state index is 11.0. The standard InChI is InChI=1S/C14H13ClN2O2/c15-11-2-1-3-12(7-11)17-8-10-6-9(14(18)19)4-5-13(10)16-17/h1-3,7-9H,4-6H2,(H,18,19). The molecule has 1 aliphatic rings. The van der Waals surface area contributed by atoms with Crippen molar-refractivity contribution in [3.63, 3.8) is 0 Å². The second-order valence-corrected chi connectivity index (χ2v) is 5.24. The summed E-state index contributed by atoms with van der Waals surface area (Å²) in [5.74, 6) is -1.01. The molecule has 1 unspecified atom stereocenters. The SMILES string of the molecule is O=C(O)C1CCc2nn(-c3cccc(Cl)c3)cc2C1. The predicted octanol–water partition coefficient (Wildman–Crippen LogP) is 2.72. The Hall–Kier alpha value is -1.81. The third kappa shape index (κ3) is 2.36. The number of fused-ring (bicyclic) bond motifs is 1. The molecule has 2 aromatic rings. The van der Waals surface area contributed by atoms with Crippen molar-refractivity contribution in [3.8, 4) is 5.69 Å². The largest absolute Gasteiger partial charge is 0.481 e. The summed E-state index contributed by atoms with van der Waals surface area (Å²) >= 11 is 5.97.